The topological polar surface area (TPSA) is 43.7 Å². The van der Waals surface area contributed by atoms with Gasteiger partial charge >= 0.3 is 0 Å². The van der Waals surface area contributed by atoms with Crippen molar-refractivity contribution in [2.24, 2.45) is 5.92 Å². The molecule has 0 amide bonds. The minimum atomic E-state index is -0.447. The summed E-state index contributed by atoms with van der Waals surface area (Å²) in [5, 5.41) is 19.3. The Hall–Kier alpha value is -0.120. The molecule has 82 valence electrons. The highest BCUT2D eigenvalue weighted by Crippen LogP contribution is 2.38. The second kappa shape index (κ2) is 3.80. The predicted octanol–water partition coefficient (Wildman–Crippen LogP) is 0.604. The van der Waals surface area contributed by atoms with E-state index in [0.717, 1.165) is 38.8 Å². The first-order valence-electron chi connectivity index (χ1n) is 5.70. The molecule has 2 fully saturated rings. The van der Waals surface area contributed by atoms with Crippen molar-refractivity contribution >= 4 is 0 Å². The van der Waals surface area contributed by atoms with Crippen LogP contribution < -0.4 is 0 Å². The van der Waals surface area contributed by atoms with Gasteiger partial charge in [-0.1, -0.05) is 6.92 Å². The van der Waals surface area contributed by atoms with Crippen LogP contribution in [-0.4, -0.2) is 46.5 Å². The zero-order valence-corrected chi connectivity index (χ0v) is 8.95. The number of rotatable bonds is 3. The lowest BCUT2D eigenvalue weighted by atomic mass is 9.71. The van der Waals surface area contributed by atoms with Gasteiger partial charge in [0.25, 0.3) is 0 Å². The molecule has 0 aromatic rings. The first-order chi connectivity index (χ1) is 6.63. The van der Waals surface area contributed by atoms with Crippen LogP contribution >= 0.6 is 0 Å². The largest absolute Gasteiger partial charge is 0.395 e. The second-order valence-corrected chi connectivity index (χ2v) is 5.19. The average Bonchev–Trinajstić information content (AvgIpc) is 2.49. The summed E-state index contributed by atoms with van der Waals surface area (Å²) < 4.78 is 0. The number of likely N-dealkylation sites (tertiary alicyclic amines) is 1. The van der Waals surface area contributed by atoms with Gasteiger partial charge in [0.1, 0.15) is 0 Å². The van der Waals surface area contributed by atoms with Crippen molar-refractivity contribution in [2.75, 3.05) is 19.7 Å². The van der Waals surface area contributed by atoms with Crippen molar-refractivity contribution < 1.29 is 10.2 Å². The zero-order chi connectivity index (χ0) is 10.2. The third-order valence-electron chi connectivity index (χ3n) is 3.66. The lowest BCUT2D eigenvalue weighted by Crippen LogP contribution is -2.53. The van der Waals surface area contributed by atoms with Crippen LogP contribution in [0.2, 0.25) is 0 Å². The van der Waals surface area contributed by atoms with Gasteiger partial charge in [-0.3, -0.25) is 4.90 Å². The normalized spacial score (nSPS) is 43.9. The third kappa shape index (κ3) is 1.95. The van der Waals surface area contributed by atoms with Crippen LogP contribution in [0.3, 0.4) is 0 Å². The average molecular weight is 199 g/mol. The molecule has 3 nitrogen and oxygen atoms in total. The summed E-state index contributed by atoms with van der Waals surface area (Å²) in [6, 6.07) is 0.301. The molecule has 0 spiro atoms. The molecule has 0 aromatic carbocycles. The quantitative estimate of drug-likeness (QED) is 0.699. The van der Waals surface area contributed by atoms with E-state index in [-0.39, 0.29) is 6.61 Å². The molecule has 1 atom stereocenters. The van der Waals surface area contributed by atoms with Gasteiger partial charge in [0.05, 0.1) is 12.2 Å². The molecule has 0 unspecified atom stereocenters. The van der Waals surface area contributed by atoms with Crippen LogP contribution in [0, 0.1) is 5.92 Å². The van der Waals surface area contributed by atoms with E-state index in [1.165, 1.54) is 0 Å². The van der Waals surface area contributed by atoms with Crippen molar-refractivity contribution in [3.05, 3.63) is 0 Å². The Kier molecular flexibility index (Phi) is 2.82. The van der Waals surface area contributed by atoms with E-state index in [0.29, 0.717) is 12.0 Å². The van der Waals surface area contributed by atoms with Gasteiger partial charge < -0.3 is 10.2 Å². The van der Waals surface area contributed by atoms with E-state index in [1.807, 2.05) is 0 Å². The maximum atomic E-state index is 10.1. The Morgan fingerprint density at radius 1 is 1.43 bits per heavy atom. The summed E-state index contributed by atoms with van der Waals surface area (Å²) in [7, 11) is 0. The van der Waals surface area contributed by atoms with E-state index in [2.05, 4.69) is 11.8 Å². The monoisotopic (exact) mass is 199 g/mol. The van der Waals surface area contributed by atoms with Crippen molar-refractivity contribution in [3.8, 4) is 0 Å². The maximum absolute atomic E-state index is 10.1. The Bertz CT molecular complexity index is 201. The number of aliphatic hydroxyl groups excluding tert-OH is 1. The third-order valence-corrected chi connectivity index (χ3v) is 3.66. The number of β-amino-alcohol motifs (C(OH)–C–C–N with tert-alkyl or cyclic N) is 1. The van der Waals surface area contributed by atoms with Crippen molar-refractivity contribution in [1.29, 1.82) is 0 Å². The standard InChI is InChI=1S/C11H21NO2/c1-9-5-11(14,6-9)8-12-4-2-3-10(12)7-13/h9-10,13-14H,2-8H2,1H3/t9?,10-,11?/m0/s1. The van der Waals surface area contributed by atoms with Crippen molar-refractivity contribution in [1.82, 2.24) is 4.90 Å². The summed E-state index contributed by atoms with van der Waals surface area (Å²) in [5.41, 5.74) is -0.447. The van der Waals surface area contributed by atoms with Gasteiger partial charge in [0, 0.05) is 12.6 Å². The molecule has 1 aliphatic heterocycles. The van der Waals surface area contributed by atoms with Gasteiger partial charge in [0.2, 0.25) is 0 Å². The van der Waals surface area contributed by atoms with Gasteiger partial charge in [-0.25, -0.2) is 0 Å². The Morgan fingerprint density at radius 2 is 2.14 bits per heavy atom. The SMILES string of the molecule is CC1CC(O)(CN2CCC[C@H]2CO)C1. The fourth-order valence-corrected chi connectivity index (χ4v) is 3.05. The minimum absolute atomic E-state index is 0.242. The van der Waals surface area contributed by atoms with Crippen LogP contribution in [0.25, 0.3) is 0 Å². The molecule has 2 aliphatic rings. The molecule has 1 heterocycles. The summed E-state index contributed by atoms with van der Waals surface area (Å²) in [4.78, 5) is 2.26. The van der Waals surface area contributed by atoms with E-state index >= 15 is 0 Å². The molecule has 14 heavy (non-hydrogen) atoms. The first-order valence-corrected chi connectivity index (χ1v) is 5.70. The summed E-state index contributed by atoms with van der Waals surface area (Å²) >= 11 is 0. The molecule has 1 saturated carbocycles. The summed E-state index contributed by atoms with van der Waals surface area (Å²) in [6.45, 7) is 4.23. The lowest BCUT2D eigenvalue weighted by molar-refractivity contribution is -0.0921. The van der Waals surface area contributed by atoms with E-state index in [4.69, 9.17) is 5.11 Å². The second-order valence-electron chi connectivity index (χ2n) is 5.19. The number of hydrogen-bond donors (Lipinski definition) is 2. The first kappa shape index (κ1) is 10.4. The molecule has 0 aromatic heterocycles. The molecular formula is C11H21NO2. The molecule has 1 saturated heterocycles. The van der Waals surface area contributed by atoms with Gasteiger partial charge in [-0.15, -0.1) is 0 Å². The Morgan fingerprint density at radius 3 is 2.71 bits per heavy atom. The van der Waals surface area contributed by atoms with Crippen LogP contribution in [0.5, 0.6) is 0 Å². The lowest BCUT2D eigenvalue weighted by Gasteiger charge is -2.45. The molecular weight excluding hydrogens is 178 g/mol. The Labute approximate surface area is 85.7 Å². The van der Waals surface area contributed by atoms with Gasteiger partial charge in [-0.05, 0) is 38.1 Å². The van der Waals surface area contributed by atoms with Crippen LogP contribution in [-0.2, 0) is 0 Å². The molecule has 3 heteroatoms. The van der Waals surface area contributed by atoms with E-state index in [9.17, 15) is 5.11 Å². The maximum Gasteiger partial charge on any atom is 0.0779 e. The number of aliphatic hydroxyl groups is 2. The van der Waals surface area contributed by atoms with Crippen molar-refractivity contribution in [3.63, 3.8) is 0 Å². The molecule has 2 rings (SSSR count). The van der Waals surface area contributed by atoms with E-state index < -0.39 is 5.60 Å². The van der Waals surface area contributed by atoms with Gasteiger partial charge in [-0.2, -0.15) is 0 Å². The fraction of sp³-hybridized carbons (Fsp3) is 1.00. The predicted molar refractivity (Wildman–Crippen MR) is 55.0 cm³/mol. The van der Waals surface area contributed by atoms with Crippen LogP contribution in [0.4, 0.5) is 0 Å². The number of hydrogen-bond acceptors (Lipinski definition) is 3. The Balaban J connectivity index is 1.85. The van der Waals surface area contributed by atoms with Crippen LogP contribution in [0.1, 0.15) is 32.6 Å². The van der Waals surface area contributed by atoms with Crippen molar-refractivity contribution in [2.45, 2.75) is 44.2 Å². The van der Waals surface area contributed by atoms with Crippen LogP contribution in [0.15, 0.2) is 0 Å². The molecule has 0 radical (unpaired) electrons. The molecule has 1 aliphatic carbocycles. The molecule has 2 N–H and O–H groups in total. The highest BCUT2D eigenvalue weighted by molar-refractivity contribution is 4.96. The van der Waals surface area contributed by atoms with Gasteiger partial charge in [0.15, 0.2) is 0 Å². The number of nitrogens with zero attached hydrogens (tertiary/aromatic N) is 1. The highest BCUT2D eigenvalue weighted by atomic mass is 16.3. The minimum Gasteiger partial charge on any atom is -0.395 e. The molecule has 0 bridgehead atoms. The summed E-state index contributed by atoms with van der Waals surface area (Å²) in [6.07, 6.45) is 4.11. The fourth-order valence-electron chi connectivity index (χ4n) is 3.05. The van der Waals surface area contributed by atoms with E-state index in [1.54, 1.807) is 0 Å². The highest BCUT2D eigenvalue weighted by Gasteiger charge is 2.42. The summed E-state index contributed by atoms with van der Waals surface area (Å²) in [5.74, 6) is 0.676. The zero-order valence-electron chi connectivity index (χ0n) is 8.95. The smallest absolute Gasteiger partial charge is 0.0779 e.